The molecule has 0 spiro atoms. The van der Waals surface area contributed by atoms with Crippen LogP contribution in [0.5, 0.6) is 0 Å². The molecule has 0 bridgehead atoms. The van der Waals surface area contributed by atoms with Crippen LogP contribution in [0.25, 0.3) is 0 Å². The lowest BCUT2D eigenvalue weighted by molar-refractivity contribution is -0.143. The molecule has 2 fully saturated rings. The van der Waals surface area contributed by atoms with Crippen LogP contribution in [0.3, 0.4) is 0 Å². The monoisotopic (exact) mass is 382 g/mol. The first-order valence-electron chi connectivity index (χ1n) is 9.82. The Balaban J connectivity index is 1.52. The number of halogens is 3. The van der Waals surface area contributed by atoms with Gasteiger partial charge >= 0.3 is 6.18 Å². The van der Waals surface area contributed by atoms with E-state index in [0.29, 0.717) is 25.6 Å². The molecule has 2 saturated heterocycles. The van der Waals surface area contributed by atoms with Crippen molar-refractivity contribution >= 4 is 5.96 Å². The maximum absolute atomic E-state index is 12.6. The van der Waals surface area contributed by atoms with Gasteiger partial charge in [0, 0.05) is 38.8 Å². The molecule has 0 aliphatic carbocycles. The van der Waals surface area contributed by atoms with E-state index < -0.39 is 12.7 Å². The predicted octanol–water partition coefficient (Wildman–Crippen LogP) is 3.15. The molecule has 1 N–H and O–H groups in total. The van der Waals surface area contributed by atoms with Gasteiger partial charge in [-0.2, -0.15) is 13.2 Å². The molecule has 2 aliphatic rings. The summed E-state index contributed by atoms with van der Waals surface area (Å²) in [6.07, 6.45) is -1.24. The number of hydrogen-bond acceptors (Lipinski definition) is 2. The van der Waals surface area contributed by atoms with Gasteiger partial charge in [-0.05, 0) is 37.7 Å². The summed E-state index contributed by atoms with van der Waals surface area (Å²) in [7, 11) is 0. The van der Waals surface area contributed by atoms with Crippen molar-refractivity contribution in [2.75, 3.05) is 39.3 Å². The molecule has 0 saturated carbocycles. The maximum atomic E-state index is 12.6. The Labute approximate surface area is 159 Å². The summed E-state index contributed by atoms with van der Waals surface area (Å²) in [5.41, 5.74) is 1.35. The van der Waals surface area contributed by atoms with E-state index in [1.807, 2.05) is 13.0 Å². The highest BCUT2D eigenvalue weighted by atomic mass is 19.4. The Morgan fingerprint density at radius 3 is 2.63 bits per heavy atom. The van der Waals surface area contributed by atoms with Gasteiger partial charge in [0.15, 0.2) is 5.96 Å². The van der Waals surface area contributed by atoms with Crippen LogP contribution in [0.1, 0.15) is 25.3 Å². The molecule has 4 nitrogen and oxygen atoms in total. The first-order valence-corrected chi connectivity index (χ1v) is 9.82. The number of hydrogen-bond donors (Lipinski definition) is 1. The Morgan fingerprint density at radius 1 is 1.15 bits per heavy atom. The van der Waals surface area contributed by atoms with Crippen molar-refractivity contribution in [3.05, 3.63) is 35.9 Å². The lowest BCUT2D eigenvalue weighted by atomic mass is 9.99. The van der Waals surface area contributed by atoms with Crippen molar-refractivity contribution in [1.82, 2.24) is 15.1 Å². The molecular formula is C20H29F3N4. The molecule has 0 aromatic heterocycles. The highest BCUT2D eigenvalue weighted by Crippen LogP contribution is 2.22. The van der Waals surface area contributed by atoms with E-state index in [2.05, 4.69) is 39.5 Å². The van der Waals surface area contributed by atoms with Crippen LogP contribution in [0, 0.1) is 5.92 Å². The summed E-state index contributed by atoms with van der Waals surface area (Å²) in [5.74, 6) is 1.44. The molecule has 2 atom stereocenters. The number of rotatable bonds is 5. The van der Waals surface area contributed by atoms with E-state index in [1.165, 1.54) is 10.5 Å². The maximum Gasteiger partial charge on any atom is 0.401 e. The molecule has 1 aromatic carbocycles. The van der Waals surface area contributed by atoms with Crippen molar-refractivity contribution in [3.63, 3.8) is 0 Å². The van der Waals surface area contributed by atoms with E-state index in [1.54, 1.807) is 0 Å². The zero-order valence-electron chi connectivity index (χ0n) is 15.9. The molecule has 150 valence electrons. The first-order chi connectivity index (χ1) is 12.9. The van der Waals surface area contributed by atoms with E-state index in [-0.39, 0.29) is 6.04 Å². The predicted molar refractivity (Wildman–Crippen MR) is 102 cm³/mol. The van der Waals surface area contributed by atoms with Gasteiger partial charge in [-0.3, -0.25) is 9.89 Å². The number of alkyl halides is 3. The molecule has 0 radical (unpaired) electrons. The fourth-order valence-corrected chi connectivity index (χ4v) is 4.06. The summed E-state index contributed by atoms with van der Waals surface area (Å²) < 4.78 is 37.8. The number of likely N-dealkylation sites (tertiary alicyclic amines) is 2. The van der Waals surface area contributed by atoms with Crippen molar-refractivity contribution in [2.24, 2.45) is 10.9 Å². The Morgan fingerprint density at radius 2 is 1.93 bits per heavy atom. The third kappa shape index (κ3) is 6.13. The van der Waals surface area contributed by atoms with Crippen molar-refractivity contribution in [2.45, 2.75) is 38.4 Å². The van der Waals surface area contributed by atoms with Gasteiger partial charge in [0.25, 0.3) is 0 Å². The average molecular weight is 382 g/mol. The second-order valence-electron chi connectivity index (χ2n) is 7.57. The molecule has 2 unspecified atom stereocenters. The van der Waals surface area contributed by atoms with Gasteiger partial charge < -0.3 is 10.2 Å². The summed E-state index contributed by atoms with van der Waals surface area (Å²) in [5, 5.41) is 3.43. The minimum absolute atomic E-state index is 0.0332. The largest absolute Gasteiger partial charge is 0.401 e. The summed E-state index contributed by atoms with van der Waals surface area (Å²) in [4.78, 5) is 8.34. The van der Waals surface area contributed by atoms with Crippen molar-refractivity contribution in [3.8, 4) is 0 Å². The second kappa shape index (κ2) is 8.95. The van der Waals surface area contributed by atoms with Gasteiger partial charge in [0.1, 0.15) is 0 Å². The number of nitrogens with one attached hydrogen (secondary N) is 1. The van der Waals surface area contributed by atoms with Crippen molar-refractivity contribution in [1.29, 1.82) is 0 Å². The molecule has 3 rings (SSSR count). The second-order valence-corrected chi connectivity index (χ2v) is 7.57. The van der Waals surface area contributed by atoms with E-state index in [0.717, 1.165) is 38.3 Å². The lowest BCUT2D eigenvalue weighted by Gasteiger charge is -2.25. The lowest BCUT2D eigenvalue weighted by Crippen LogP contribution is -2.46. The summed E-state index contributed by atoms with van der Waals surface area (Å²) >= 11 is 0. The highest BCUT2D eigenvalue weighted by molar-refractivity contribution is 5.80. The van der Waals surface area contributed by atoms with Crippen LogP contribution in [-0.4, -0.2) is 67.2 Å². The van der Waals surface area contributed by atoms with E-state index in [4.69, 9.17) is 0 Å². The van der Waals surface area contributed by atoms with Crippen LogP contribution >= 0.6 is 0 Å². The Bertz CT molecular complexity index is 617. The van der Waals surface area contributed by atoms with Gasteiger partial charge in [0.2, 0.25) is 0 Å². The Hall–Kier alpha value is -1.76. The van der Waals surface area contributed by atoms with Crippen LogP contribution in [-0.2, 0) is 6.42 Å². The van der Waals surface area contributed by atoms with Gasteiger partial charge in [0.05, 0.1) is 6.54 Å². The fourth-order valence-electron chi connectivity index (χ4n) is 4.06. The average Bonchev–Trinajstić information content (AvgIpc) is 3.23. The fraction of sp³-hybridized carbons (Fsp3) is 0.650. The zero-order chi connectivity index (χ0) is 19.3. The molecule has 7 heteroatoms. The first kappa shape index (κ1) is 20.0. The van der Waals surface area contributed by atoms with Gasteiger partial charge in [-0.1, -0.05) is 30.3 Å². The normalized spacial score (nSPS) is 24.6. The minimum atomic E-state index is -4.13. The SMILES string of the molecule is CCN=C(NC1CCN(CC(F)(F)F)C1)N1CCC(Cc2ccccc2)C1. The molecule has 2 heterocycles. The van der Waals surface area contributed by atoms with Gasteiger partial charge in [-0.25, -0.2) is 0 Å². The molecule has 1 aromatic rings. The van der Waals surface area contributed by atoms with Crippen LogP contribution < -0.4 is 5.32 Å². The molecule has 0 amide bonds. The number of benzene rings is 1. The third-order valence-corrected chi connectivity index (χ3v) is 5.27. The minimum Gasteiger partial charge on any atom is -0.352 e. The van der Waals surface area contributed by atoms with Crippen LogP contribution in [0.15, 0.2) is 35.3 Å². The standard InChI is InChI=1S/C20H29F3N4/c1-2-24-19(25-18-9-10-26(14-18)15-20(21,22)23)27-11-8-17(13-27)12-16-6-4-3-5-7-16/h3-7,17-18H,2,8-15H2,1H3,(H,24,25). The van der Waals surface area contributed by atoms with E-state index >= 15 is 0 Å². The molecule has 27 heavy (non-hydrogen) atoms. The summed E-state index contributed by atoms with van der Waals surface area (Å²) in [6.45, 7) is 4.62. The van der Waals surface area contributed by atoms with Gasteiger partial charge in [-0.15, -0.1) is 0 Å². The van der Waals surface area contributed by atoms with Crippen LogP contribution in [0.2, 0.25) is 0 Å². The highest BCUT2D eigenvalue weighted by Gasteiger charge is 2.35. The Kier molecular flexibility index (Phi) is 6.63. The number of guanidine groups is 1. The quantitative estimate of drug-likeness (QED) is 0.627. The number of nitrogens with zero attached hydrogens (tertiary/aromatic N) is 3. The smallest absolute Gasteiger partial charge is 0.352 e. The molecular weight excluding hydrogens is 353 g/mol. The summed E-state index contributed by atoms with van der Waals surface area (Å²) in [6, 6.07) is 10.5. The number of aliphatic imine (C=N–C) groups is 1. The van der Waals surface area contributed by atoms with E-state index in [9.17, 15) is 13.2 Å². The third-order valence-electron chi connectivity index (χ3n) is 5.27. The van der Waals surface area contributed by atoms with Crippen LogP contribution in [0.4, 0.5) is 13.2 Å². The molecule has 2 aliphatic heterocycles. The topological polar surface area (TPSA) is 30.9 Å². The van der Waals surface area contributed by atoms with Crippen molar-refractivity contribution < 1.29 is 13.2 Å². The zero-order valence-corrected chi connectivity index (χ0v) is 15.9.